The van der Waals surface area contributed by atoms with Crippen LogP contribution in [-0.4, -0.2) is 84.4 Å². The Kier molecular flexibility index (Phi) is 6.49. The molecule has 2 saturated heterocycles. The monoisotopic (exact) mass is 377 g/mol. The second kappa shape index (κ2) is 9.03. The van der Waals surface area contributed by atoms with Gasteiger partial charge in [0.2, 0.25) is 11.8 Å². The van der Waals surface area contributed by atoms with Gasteiger partial charge in [0.05, 0.1) is 17.9 Å². The van der Waals surface area contributed by atoms with Gasteiger partial charge in [-0.05, 0) is 18.9 Å². The van der Waals surface area contributed by atoms with Gasteiger partial charge in [-0.2, -0.15) is 0 Å². The molecule has 0 bridgehead atoms. The highest BCUT2D eigenvalue weighted by atomic mass is 16.5. The first-order valence-electron chi connectivity index (χ1n) is 9.51. The molecule has 1 aromatic rings. The number of hydrogen-bond acceptors (Lipinski definition) is 5. The Balaban J connectivity index is 1.54. The highest BCUT2D eigenvalue weighted by molar-refractivity contribution is 5.94. The SMILES string of the molecule is CC(=O)N1CCN(C(=O)CCN(C[C@H]2CCCO2)C(=O)c2ccoc2)CC1. The van der Waals surface area contributed by atoms with Crippen LogP contribution in [0.25, 0.3) is 0 Å². The number of amides is 3. The smallest absolute Gasteiger partial charge is 0.257 e. The predicted octanol–water partition coefficient (Wildman–Crippen LogP) is 0.982. The predicted molar refractivity (Wildman–Crippen MR) is 97.0 cm³/mol. The van der Waals surface area contributed by atoms with Gasteiger partial charge in [0.25, 0.3) is 5.91 Å². The zero-order valence-electron chi connectivity index (χ0n) is 15.8. The topological polar surface area (TPSA) is 83.3 Å². The van der Waals surface area contributed by atoms with Crippen LogP contribution >= 0.6 is 0 Å². The van der Waals surface area contributed by atoms with E-state index in [9.17, 15) is 14.4 Å². The van der Waals surface area contributed by atoms with E-state index in [0.29, 0.717) is 44.8 Å². The van der Waals surface area contributed by atoms with Crippen molar-refractivity contribution in [3.8, 4) is 0 Å². The van der Waals surface area contributed by atoms with Crippen molar-refractivity contribution < 1.29 is 23.5 Å². The Morgan fingerprint density at radius 2 is 1.93 bits per heavy atom. The van der Waals surface area contributed by atoms with E-state index in [-0.39, 0.29) is 30.2 Å². The molecule has 1 atom stereocenters. The molecule has 3 amide bonds. The summed E-state index contributed by atoms with van der Waals surface area (Å²) in [5.41, 5.74) is 0.482. The number of carbonyl (C=O) groups is 3. The summed E-state index contributed by atoms with van der Waals surface area (Å²) in [5, 5.41) is 0. The van der Waals surface area contributed by atoms with Gasteiger partial charge < -0.3 is 23.9 Å². The molecule has 2 aliphatic rings. The van der Waals surface area contributed by atoms with Crippen LogP contribution in [0.2, 0.25) is 0 Å². The van der Waals surface area contributed by atoms with Crippen molar-refractivity contribution in [1.29, 1.82) is 0 Å². The summed E-state index contributed by atoms with van der Waals surface area (Å²) in [7, 11) is 0. The third-order valence-electron chi connectivity index (χ3n) is 5.18. The Morgan fingerprint density at radius 3 is 2.52 bits per heavy atom. The van der Waals surface area contributed by atoms with Gasteiger partial charge in [-0.25, -0.2) is 0 Å². The van der Waals surface area contributed by atoms with Crippen LogP contribution in [0.1, 0.15) is 36.5 Å². The minimum Gasteiger partial charge on any atom is -0.472 e. The van der Waals surface area contributed by atoms with Crippen molar-refractivity contribution in [1.82, 2.24) is 14.7 Å². The summed E-state index contributed by atoms with van der Waals surface area (Å²) in [6, 6.07) is 1.63. The lowest BCUT2D eigenvalue weighted by Crippen LogP contribution is -2.50. The number of furan rings is 1. The van der Waals surface area contributed by atoms with Crippen LogP contribution in [0.4, 0.5) is 0 Å². The lowest BCUT2D eigenvalue weighted by Gasteiger charge is -2.34. The summed E-state index contributed by atoms with van der Waals surface area (Å²) < 4.78 is 10.7. The van der Waals surface area contributed by atoms with E-state index in [4.69, 9.17) is 9.15 Å². The van der Waals surface area contributed by atoms with E-state index in [1.807, 2.05) is 0 Å². The van der Waals surface area contributed by atoms with Crippen molar-refractivity contribution in [3.05, 3.63) is 24.2 Å². The van der Waals surface area contributed by atoms with Crippen LogP contribution in [0.15, 0.2) is 23.0 Å². The van der Waals surface area contributed by atoms with Crippen molar-refractivity contribution in [3.63, 3.8) is 0 Å². The number of rotatable bonds is 6. The summed E-state index contributed by atoms with van der Waals surface area (Å²) in [5.74, 6) is -0.0977. The number of carbonyl (C=O) groups excluding carboxylic acids is 3. The fourth-order valence-electron chi connectivity index (χ4n) is 3.54. The maximum Gasteiger partial charge on any atom is 0.257 e. The highest BCUT2D eigenvalue weighted by Crippen LogP contribution is 2.16. The van der Waals surface area contributed by atoms with Gasteiger partial charge in [0.1, 0.15) is 6.26 Å². The van der Waals surface area contributed by atoms with Crippen molar-refractivity contribution in [2.75, 3.05) is 45.9 Å². The van der Waals surface area contributed by atoms with Crippen LogP contribution < -0.4 is 0 Å². The molecule has 3 heterocycles. The maximum absolute atomic E-state index is 12.7. The third kappa shape index (κ3) is 5.09. The van der Waals surface area contributed by atoms with Crippen molar-refractivity contribution in [2.45, 2.75) is 32.3 Å². The van der Waals surface area contributed by atoms with Crippen LogP contribution in [0.3, 0.4) is 0 Å². The number of ether oxygens (including phenoxy) is 1. The molecule has 8 nitrogen and oxygen atoms in total. The first kappa shape index (κ1) is 19.4. The molecule has 0 N–H and O–H groups in total. The molecular formula is C19H27N3O5. The van der Waals surface area contributed by atoms with Gasteiger partial charge in [-0.3, -0.25) is 14.4 Å². The van der Waals surface area contributed by atoms with E-state index in [1.54, 1.807) is 27.7 Å². The normalized spacial score (nSPS) is 20.0. The Morgan fingerprint density at radius 1 is 1.19 bits per heavy atom. The molecule has 0 unspecified atom stereocenters. The average Bonchev–Trinajstić information content (AvgIpc) is 3.38. The molecule has 0 saturated carbocycles. The molecule has 2 aliphatic heterocycles. The molecule has 0 spiro atoms. The lowest BCUT2D eigenvalue weighted by molar-refractivity contribution is -0.138. The number of piperazine rings is 1. The average molecular weight is 377 g/mol. The van der Waals surface area contributed by atoms with E-state index < -0.39 is 0 Å². The van der Waals surface area contributed by atoms with E-state index >= 15 is 0 Å². The molecule has 3 rings (SSSR count). The molecule has 8 heteroatoms. The van der Waals surface area contributed by atoms with E-state index in [1.165, 1.54) is 12.5 Å². The second-order valence-electron chi connectivity index (χ2n) is 7.04. The number of hydrogen-bond donors (Lipinski definition) is 0. The minimum atomic E-state index is -0.145. The van der Waals surface area contributed by atoms with Gasteiger partial charge in [-0.15, -0.1) is 0 Å². The zero-order chi connectivity index (χ0) is 19.2. The molecule has 1 aromatic heterocycles. The molecule has 27 heavy (non-hydrogen) atoms. The summed E-state index contributed by atoms with van der Waals surface area (Å²) in [6.45, 7) is 5.30. The maximum atomic E-state index is 12.7. The van der Waals surface area contributed by atoms with Crippen molar-refractivity contribution >= 4 is 17.7 Å². The van der Waals surface area contributed by atoms with E-state index in [0.717, 1.165) is 19.4 Å². The molecule has 0 radical (unpaired) electrons. The first-order valence-corrected chi connectivity index (χ1v) is 9.51. The minimum absolute atomic E-state index is 0.00976. The summed E-state index contributed by atoms with van der Waals surface area (Å²) >= 11 is 0. The Bertz CT molecular complexity index is 646. The fraction of sp³-hybridized carbons (Fsp3) is 0.632. The Labute approximate surface area is 159 Å². The molecule has 0 aromatic carbocycles. The van der Waals surface area contributed by atoms with Gasteiger partial charge in [0.15, 0.2) is 0 Å². The van der Waals surface area contributed by atoms with Crippen LogP contribution in [0.5, 0.6) is 0 Å². The third-order valence-corrected chi connectivity index (χ3v) is 5.18. The van der Waals surface area contributed by atoms with Crippen LogP contribution in [-0.2, 0) is 14.3 Å². The van der Waals surface area contributed by atoms with Crippen LogP contribution in [0, 0.1) is 0 Å². The van der Waals surface area contributed by atoms with Gasteiger partial charge >= 0.3 is 0 Å². The fourth-order valence-corrected chi connectivity index (χ4v) is 3.54. The zero-order valence-corrected chi connectivity index (χ0v) is 15.8. The lowest BCUT2D eigenvalue weighted by atomic mass is 10.2. The number of nitrogens with zero attached hydrogens (tertiary/aromatic N) is 3. The first-order chi connectivity index (χ1) is 13.0. The molecule has 148 valence electrons. The largest absolute Gasteiger partial charge is 0.472 e. The second-order valence-corrected chi connectivity index (χ2v) is 7.04. The molecular weight excluding hydrogens is 350 g/mol. The molecule has 0 aliphatic carbocycles. The van der Waals surface area contributed by atoms with Crippen molar-refractivity contribution in [2.24, 2.45) is 0 Å². The standard InChI is InChI=1S/C19H27N3O5/c1-15(23)20-7-9-21(10-8-20)18(24)4-6-22(13-17-3-2-11-27-17)19(25)16-5-12-26-14-16/h5,12,14,17H,2-4,6-11,13H2,1H3/t17-/m1/s1. The summed E-state index contributed by atoms with van der Waals surface area (Å²) in [6.07, 6.45) is 5.10. The quantitative estimate of drug-likeness (QED) is 0.738. The molecule has 2 fully saturated rings. The van der Waals surface area contributed by atoms with Gasteiger partial charge in [0, 0.05) is 59.2 Å². The Hall–Kier alpha value is -2.35. The van der Waals surface area contributed by atoms with Gasteiger partial charge in [-0.1, -0.05) is 0 Å². The summed E-state index contributed by atoms with van der Waals surface area (Å²) in [4.78, 5) is 41.9. The van der Waals surface area contributed by atoms with E-state index in [2.05, 4.69) is 0 Å². The highest BCUT2D eigenvalue weighted by Gasteiger charge is 2.26.